The Morgan fingerprint density at radius 2 is 1.77 bits per heavy atom. The van der Waals surface area contributed by atoms with Gasteiger partial charge in [0, 0.05) is 25.7 Å². The average molecular weight is 358 g/mol. The van der Waals surface area contributed by atoms with Gasteiger partial charge in [0.1, 0.15) is 19.0 Å². The van der Waals surface area contributed by atoms with Gasteiger partial charge in [-0.1, -0.05) is 24.3 Å². The highest BCUT2D eigenvalue weighted by atomic mass is 19.1. The predicted octanol–water partition coefficient (Wildman–Crippen LogP) is 2.69. The number of fused-ring (bicyclic) bond motifs is 1. The summed E-state index contributed by atoms with van der Waals surface area (Å²) >= 11 is 0. The van der Waals surface area contributed by atoms with E-state index in [1.54, 1.807) is 30.1 Å². The van der Waals surface area contributed by atoms with Crippen molar-refractivity contribution in [1.29, 1.82) is 0 Å². The van der Waals surface area contributed by atoms with Gasteiger partial charge in [0.05, 0.1) is 6.54 Å². The summed E-state index contributed by atoms with van der Waals surface area (Å²) in [7, 11) is 3.57. The van der Waals surface area contributed by atoms with E-state index in [9.17, 15) is 9.18 Å². The predicted molar refractivity (Wildman–Crippen MR) is 96.6 cm³/mol. The molecule has 1 aliphatic rings. The Morgan fingerprint density at radius 1 is 1.04 bits per heavy atom. The fourth-order valence-electron chi connectivity index (χ4n) is 2.88. The van der Waals surface area contributed by atoms with Crippen LogP contribution in [0.1, 0.15) is 11.1 Å². The largest absolute Gasteiger partial charge is 0.486 e. The summed E-state index contributed by atoms with van der Waals surface area (Å²) in [5, 5.41) is 0. The molecule has 0 unspecified atom stereocenters. The quantitative estimate of drug-likeness (QED) is 0.796. The molecule has 2 aromatic carbocycles. The van der Waals surface area contributed by atoms with Crippen LogP contribution in [0.2, 0.25) is 0 Å². The summed E-state index contributed by atoms with van der Waals surface area (Å²) in [4.78, 5) is 15.9. The lowest BCUT2D eigenvalue weighted by Gasteiger charge is -2.23. The van der Waals surface area contributed by atoms with Crippen molar-refractivity contribution in [2.75, 3.05) is 33.9 Å². The van der Waals surface area contributed by atoms with Crippen LogP contribution in [-0.2, 0) is 17.9 Å². The molecule has 138 valence electrons. The molecule has 6 heteroatoms. The zero-order valence-electron chi connectivity index (χ0n) is 15.1. The molecule has 5 nitrogen and oxygen atoms in total. The third kappa shape index (κ3) is 4.52. The van der Waals surface area contributed by atoms with E-state index in [0.29, 0.717) is 25.3 Å². The lowest BCUT2D eigenvalue weighted by Crippen LogP contribution is -2.36. The number of benzene rings is 2. The third-order valence-corrected chi connectivity index (χ3v) is 4.26. The van der Waals surface area contributed by atoms with E-state index in [2.05, 4.69) is 0 Å². The van der Waals surface area contributed by atoms with Crippen LogP contribution in [0.25, 0.3) is 0 Å². The summed E-state index contributed by atoms with van der Waals surface area (Å²) < 4.78 is 24.8. The van der Waals surface area contributed by atoms with Crippen LogP contribution in [0.4, 0.5) is 4.39 Å². The van der Waals surface area contributed by atoms with Gasteiger partial charge in [0.2, 0.25) is 5.91 Å². The van der Waals surface area contributed by atoms with Crippen LogP contribution < -0.4 is 9.47 Å². The van der Waals surface area contributed by atoms with Gasteiger partial charge in [-0.15, -0.1) is 0 Å². The minimum absolute atomic E-state index is 0.0618. The number of likely N-dealkylation sites (N-methyl/N-ethyl adjacent to an activating group) is 2. The minimum Gasteiger partial charge on any atom is -0.486 e. The second kappa shape index (κ2) is 8.19. The summed E-state index contributed by atoms with van der Waals surface area (Å²) in [6, 6.07) is 12.3. The highest BCUT2D eigenvalue weighted by molar-refractivity contribution is 5.78. The zero-order valence-corrected chi connectivity index (χ0v) is 15.1. The Labute approximate surface area is 152 Å². The first kappa shape index (κ1) is 18.2. The second-order valence-electron chi connectivity index (χ2n) is 6.49. The van der Waals surface area contributed by atoms with Crippen LogP contribution >= 0.6 is 0 Å². The van der Waals surface area contributed by atoms with E-state index in [0.717, 1.165) is 17.1 Å². The van der Waals surface area contributed by atoms with Gasteiger partial charge in [-0.05, 0) is 30.8 Å². The first-order chi connectivity index (χ1) is 12.5. The van der Waals surface area contributed by atoms with Crippen molar-refractivity contribution in [1.82, 2.24) is 9.80 Å². The molecule has 0 fully saturated rings. The molecule has 0 atom stereocenters. The number of halogens is 1. The summed E-state index contributed by atoms with van der Waals surface area (Å²) in [6.07, 6.45) is 0. The molecule has 1 aliphatic heterocycles. The van der Waals surface area contributed by atoms with Gasteiger partial charge in [-0.2, -0.15) is 0 Å². The number of ether oxygens (including phenoxy) is 2. The first-order valence-corrected chi connectivity index (χ1v) is 8.57. The number of nitrogens with zero attached hydrogens (tertiary/aromatic N) is 2. The maximum atomic E-state index is 13.7. The fourth-order valence-corrected chi connectivity index (χ4v) is 2.88. The van der Waals surface area contributed by atoms with E-state index in [1.807, 2.05) is 30.1 Å². The van der Waals surface area contributed by atoms with Crippen molar-refractivity contribution in [3.8, 4) is 11.5 Å². The molecule has 2 aromatic rings. The van der Waals surface area contributed by atoms with E-state index < -0.39 is 0 Å². The van der Waals surface area contributed by atoms with Crippen LogP contribution in [0.3, 0.4) is 0 Å². The summed E-state index contributed by atoms with van der Waals surface area (Å²) in [5.41, 5.74) is 1.55. The topological polar surface area (TPSA) is 42.0 Å². The van der Waals surface area contributed by atoms with Gasteiger partial charge in [0.15, 0.2) is 11.5 Å². The van der Waals surface area contributed by atoms with Crippen LogP contribution in [0.15, 0.2) is 42.5 Å². The first-order valence-electron chi connectivity index (χ1n) is 8.57. The van der Waals surface area contributed by atoms with Gasteiger partial charge in [-0.25, -0.2) is 4.39 Å². The molecule has 0 aliphatic carbocycles. The molecule has 1 heterocycles. The molecule has 0 N–H and O–H groups in total. The third-order valence-electron chi connectivity index (χ3n) is 4.26. The van der Waals surface area contributed by atoms with Gasteiger partial charge >= 0.3 is 0 Å². The lowest BCUT2D eigenvalue weighted by molar-refractivity contribution is -0.131. The van der Waals surface area contributed by atoms with Crippen molar-refractivity contribution >= 4 is 5.91 Å². The van der Waals surface area contributed by atoms with Crippen LogP contribution in [0.5, 0.6) is 11.5 Å². The summed E-state index contributed by atoms with van der Waals surface area (Å²) in [6.45, 7) is 2.22. The van der Waals surface area contributed by atoms with Crippen molar-refractivity contribution in [2.24, 2.45) is 0 Å². The van der Waals surface area contributed by atoms with E-state index in [-0.39, 0.29) is 24.8 Å². The Hall–Kier alpha value is -2.60. The summed E-state index contributed by atoms with van der Waals surface area (Å²) in [5.74, 6) is 1.14. The minimum atomic E-state index is -0.295. The van der Waals surface area contributed by atoms with E-state index in [4.69, 9.17) is 9.47 Å². The molecule has 0 spiro atoms. The number of carbonyl (C=O) groups excluding carboxylic acids is 1. The SMILES string of the molecule is CN(CC(=O)N(C)Cc1ccccc1F)Cc1ccc2c(c1)OCCO2. The monoisotopic (exact) mass is 358 g/mol. The number of hydrogen-bond acceptors (Lipinski definition) is 4. The Bertz CT molecular complexity index is 781. The number of hydrogen-bond donors (Lipinski definition) is 0. The number of rotatable bonds is 6. The molecule has 0 aromatic heterocycles. The fraction of sp³-hybridized carbons (Fsp3) is 0.350. The zero-order chi connectivity index (χ0) is 18.5. The molecule has 0 bridgehead atoms. The molecule has 0 radical (unpaired) electrons. The van der Waals surface area contributed by atoms with Gasteiger partial charge in [-0.3, -0.25) is 9.69 Å². The Balaban J connectivity index is 1.54. The normalized spacial score (nSPS) is 12.9. The van der Waals surface area contributed by atoms with Crippen LogP contribution in [-0.4, -0.2) is 49.6 Å². The maximum absolute atomic E-state index is 13.7. The second-order valence-corrected chi connectivity index (χ2v) is 6.49. The van der Waals surface area contributed by atoms with Gasteiger partial charge < -0.3 is 14.4 Å². The van der Waals surface area contributed by atoms with Crippen molar-refractivity contribution < 1.29 is 18.7 Å². The molecule has 0 saturated carbocycles. The van der Waals surface area contributed by atoms with Crippen LogP contribution in [0, 0.1) is 5.82 Å². The Kier molecular flexibility index (Phi) is 5.73. The highest BCUT2D eigenvalue weighted by Gasteiger charge is 2.16. The van der Waals surface area contributed by atoms with Gasteiger partial charge in [0.25, 0.3) is 0 Å². The number of carbonyl (C=O) groups is 1. The van der Waals surface area contributed by atoms with Crippen molar-refractivity contribution in [3.05, 3.63) is 59.4 Å². The lowest BCUT2D eigenvalue weighted by atomic mass is 10.2. The van der Waals surface area contributed by atoms with Crippen molar-refractivity contribution in [2.45, 2.75) is 13.1 Å². The molecule has 0 saturated heterocycles. The van der Waals surface area contributed by atoms with Crippen molar-refractivity contribution in [3.63, 3.8) is 0 Å². The Morgan fingerprint density at radius 3 is 2.54 bits per heavy atom. The molecular formula is C20H23FN2O3. The van der Waals surface area contributed by atoms with E-state index in [1.165, 1.54) is 6.07 Å². The molecular weight excluding hydrogens is 335 g/mol. The standard InChI is InChI=1S/C20H23FN2O3/c1-22(12-15-7-8-18-19(11-15)26-10-9-25-18)14-20(24)23(2)13-16-5-3-4-6-17(16)21/h3-8,11H,9-10,12-14H2,1-2H3. The number of amides is 1. The van der Waals surface area contributed by atoms with E-state index >= 15 is 0 Å². The molecule has 26 heavy (non-hydrogen) atoms. The average Bonchev–Trinajstić information content (AvgIpc) is 2.63. The molecule has 1 amide bonds. The highest BCUT2D eigenvalue weighted by Crippen LogP contribution is 2.31. The smallest absolute Gasteiger partial charge is 0.236 e. The molecule has 3 rings (SSSR count). The maximum Gasteiger partial charge on any atom is 0.236 e.